The number of nitrogens with zero attached hydrogens (tertiary/aromatic N) is 2. The molecule has 0 bridgehead atoms. The minimum absolute atomic E-state index is 0.105. The van der Waals surface area contributed by atoms with Gasteiger partial charge >= 0.3 is 0 Å². The van der Waals surface area contributed by atoms with Gasteiger partial charge < -0.3 is 5.32 Å². The summed E-state index contributed by atoms with van der Waals surface area (Å²) in [7, 11) is -3.46. The fourth-order valence-electron chi connectivity index (χ4n) is 3.40. The molecule has 30 heavy (non-hydrogen) atoms. The maximum absolute atomic E-state index is 12.6. The van der Waals surface area contributed by atoms with Gasteiger partial charge in [0.15, 0.2) is 5.13 Å². The molecule has 3 aromatic rings. The quantitative estimate of drug-likeness (QED) is 0.562. The van der Waals surface area contributed by atoms with Crippen molar-refractivity contribution in [2.75, 3.05) is 18.4 Å². The molecule has 1 N–H and O–H groups in total. The number of hydrogen-bond acceptors (Lipinski definition) is 6. The summed E-state index contributed by atoms with van der Waals surface area (Å²) in [6.07, 6.45) is 3.46. The van der Waals surface area contributed by atoms with Crippen molar-refractivity contribution in [3.8, 4) is 0 Å². The van der Waals surface area contributed by atoms with E-state index in [0.717, 1.165) is 10.4 Å². The van der Waals surface area contributed by atoms with Crippen LogP contribution < -0.4 is 5.32 Å². The molecule has 0 radical (unpaired) electrons. The molecule has 0 spiro atoms. The molecule has 6 nitrogen and oxygen atoms in total. The zero-order valence-corrected chi connectivity index (χ0v) is 19.2. The highest BCUT2D eigenvalue weighted by Crippen LogP contribution is 2.28. The van der Waals surface area contributed by atoms with Gasteiger partial charge in [-0.15, -0.1) is 22.7 Å². The number of benzene rings is 1. The van der Waals surface area contributed by atoms with Crippen molar-refractivity contribution in [2.24, 2.45) is 5.92 Å². The second-order valence-corrected chi connectivity index (χ2v) is 11.7. The van der Waals surface area contributed by atoms with Crippen LogP contribution in [-0.4, -0.2) is 36.7 Å². The van der Waals surface area contributed by atoms with Crippen molar-refractivity contribution < 1.29 is 13.2 Å². The zero-order valence-electron chi connectivity index (χ0n) is 16.0. The fraction of sp³-hybridized carbons (Fsp3) is 0.300. The molecule has 1 aliphatic heterocycles. The molecule has 1 amide bonds. The van der Waals surface area contributed by atoms with Crippen LogP contribution in [0.4, 0.5) is 5.13 Å². The number of sulfonamides is 1. The summed E-state index contributed by atoms with van der Waals surface area (Å²) in [6.45, 7) is 0.687. The Morgan fingerprint density at radius 3 is 2.73 bits per heavy atom. The summed E-state index contributed by atoms with van der Waals surface area (Å²) in [5, 5.41) is 5.89. The molecule has 158 valence electrons. The largest absolute Gasteiger partial charge is 0.302 e. The Morgan fingerprint density at radius 2 is 2.03 bits per heavy atom. The standard InChI is InChI=1S/C20H20ClN3O3S3/c21-16-4-1-3-14(11-16)12-17-13-22-20(29-17)23-19(25)15-6-8-24(9-7-15)30(26,27)18-5-2-10-28-18/h1-5,10-11,13,15H,6-9,12H2,(H,22,23,25). The number of carbonyl (C=O) groups excluding carboxylic acids is 1. The Kier molecular flexibility index (Phi) is 6.54. The first-order chi connectivity index (χ1) is 14.4. The molecular weight excluding hydrogens is 462 g/mol. The smallest absolute Gasteiger partial charge is 0.252 e. The van der Waals surface area contributed by atoms with Gasteiger partial charge in [0.2, 0.25) is 5.91 Å². The molecule has 3 heterocycles. The van der Waals surface area contributed by atoms with Gasteiger partial charge in [0.1, 0.15) is 4.21 Å². The van der Waals surface area contributed by atoms with Gasteiger partial charge in [0, 0.05) is 41.5 Å². The molecule has 2 aromatic heterocycles. The number of carbonyl (C=O) groups is 1. The van der Waals surface area contributed by atoms with Crippen LogP contribution in [0.1, 0.15) is 23.3 Å². The SMILES string of the molecule is O=C(Nc1ncc(Cc2cccc(Cl)c2)s1)C1CCN(S(=O)(=O)c2cccs2)CC1. The molecule has 4 rings (SSSR count). The normalized spacial score (nSPS) is 15.9. The molecule has 1 aromatic carbocycles. The first-order valence-electron chi connectivity index (χ1n) is 9.45. The Hall–Kier alpha value is -1.78. The van der Waals surface area contributed by atoms with Crippen LogP contribution in [0.5, 0.6) is 0 Å². The molecule has 1 saturated heterocycles. The fourth-order valence-corrected chi connectivity index (χ4v) is 7.08. The number of rotatable bonds is 6. The highest BCUT2D eigenvalue weighted by molar-refractivity contribution is 7.91. The van der Waals surface area contributed by atoms with Gasteiger partial charge in [-0.3, -0.25) is 4.79 Å². The van der Waals surface area contributed by atoms with E-state index in [0.29, 0.717) is 46.7 Å². The third-order valence-electron chi connectivity index (χ3n) is 4.97. The van der Waals surface area contributed by atoms with E-state index < -0.39 is 10.0 Å². The predicted molar refractivity (Wildman–Crippen MR) is 121 cm³/mol. The van der Waals surface area contributed by atoms with Crippen LogP contribution in [0.2, 0.25) is 5.02 Å². The maximum Gasteiger partial charge on any atom is 0.252 e. The van der Waals surface area contributed by atoms with Gasteiger partial charge in [0.05, 0.1) is 0 Å². The zero-order chi connectivity index (χ0) is 21.1. The van der Waals surface area contributed by atoms with E-state index in [2.05, 4.69) is 10.3 Å². The van der Waals surface area contributed by atoms with Crippen LogP contribution in [-0.2, 0) is 21.2 Å². The molecule has 0 aliphatic carbocycles. The minimum Gasteiger partial charge on any atom is -0.302 e. The summed E-state index contributed by atoms with van der Waals surface area (Å²) >= 11 is 8.68. The molecule has 0 saturated carbocycles. The third kappa shape index (κ3) is 4.92. The van der Waals surface area contributed by atoms with Crippen molar-refractivity contribution in [2.45, 2.75) is 23.5 Å². The van der Waals surface area contributed by atoms with Crippen LogP contribution in [0.15, 0.2) is 52.2 Å². The lowest BCUT2D eigenvalue weighted by molar-refractivity contribution is -0.120. The lowest BCUT2D eigenvalue weighted by Crippen LogP contribution is -2.41. The van der Waals surface area contributed by atoms with Crippen LogP contribution >= 0.6 is 34.3 Å². The second kappa shape index (κ2) is 9.15. The molecule has 10 heteroatoms. The number of anilines is 1. The topological polar surface area (TPSA) is 79.4 Å². The molecule has 0 atom stereocenters. The molecule has 1 aliphatic rings. The Balaban J connectivity index is 1.32. The minimum atomic E-state index is -3.46. The van der Waals surface area contributed by atoms with Gasteiger partial charge in [-0.1, -0.05) is 29.8 Å². The summed E-state index contributed by atoms with van der Waals surface area (Å²) < 4.78 is 27.0. The molecule has 0 unspecified atom stereocenters. The lowest BCUT2D eigenvalue weighted by atomic mass is 9.97. The van der Waals surface area contributed by atoms with E-state index in [4.69, 9.17) is 11.6 Å². The molecule has 1 fully saturated rings. The Morgan fingerprint density at radius 1 is 1.23 bits per heavy atom. The highest BCUT2D eigenvalue weighted by atomic mass is 35.5. The van der Waals surface area contributed by atoms with Gasteiger partial charge in [-0.2, -0.15) is 4.31 Å². The third-order valence-corrected chi connectivity index (χ3v) is 9.38. The molecular formula is C20H20ClN3O3S3. The monoisotopic (exact) mass is 481 g/mol. The van der Waals surface area contributed by atoms with Crippen molar-refractivity contribution in [3.05, 3.63) is 63.4 Å². The van der Waals surface area contributed by atoms with Crippen molar-refractivity contribution in [3.63, 3.8) is 0 Å². The Labute approximate surface area is 188 Å². The van der Waals surface area contributed by atoms with Crippen molar-refractivity contribution in [1.29, 1.82) is 0 Å². The second-order valence-electron chi connectivity index (χ2n) is 7.04. The summed E-state index contributed by atoms with van der Waals surface area (Å²) in [6, 6.07) is 11.0. The van der Waals surface area contributed by atoms with Gasteiger partial charge in [-0.05, 0) is 42.0 Å². The number of piperidine rings is 1. The Bertz CT molecular complexity index is 1120. The maximum atomic E-state index is 12.6. The highest BCUT2D eigenvalue weighted by Gasteiger charge is 2.32. The van der Waals surface area contributed by atoms with E-state index >= 15 is 0 Å². The number of amides is 1. The first-order valence-corrected chi connectivity index (χ1v) is 13.0. The first kappa shape index (κ1) is 21.5. The van der Waals surface area contributed by atoms with Crippen LogP contribution in [0.25, 0.3) is 0 Å². The van der Waals surface area contributed by atoms with Gasteiger partial charge in [-0.25, -0.2) is 13.4 Å². The number of nitrogens with one attached hydrogen (secondary N) is 1. The van der Waals surface area contributed by atoms with Crippen LogP contribution in [0, 0.1) is 5.92 Å². The summed E-state index contributed by atoms with van der Waals surface area (Å²) in [5.74, 6) is -0.327. The summed E-state index contributed by atoms with van der Waals surface area (Å²) in [4.78, 5) is 18.0. The average Bonchev–Trinajstić information content (AvgIpc) is 3.41. The number of aromatic nitrogens is 1. The van der Waals surface area contributed by atoms with Crippen molar-refractivity contribution in [1.82, 2.24) is 9.29 Å². The number of thiazole rings is 1. The van der Waals surface area contributed by atoms with E-state index in [1.165, 1.54) is 27.0 Å². The van der Waals surface area contributed by atoms with E-state index in [1.54, 1.807) is 23.7 Å². The van der Waals surface area contributed by atoms with E-state index in [9.17, 15) is 13.2 Å². The number of thiophene rings is 1. The average molecular weight is 482 g/mol. The van der Waals surface area contributed by atoms with Crippen molar-refractivity contribution >= 4 is 55.3 Å². The van der Waals surface area contributed by atoms with Gasteiger partial charge in [0.25, 0.3) is 10.0 Å². The van der Waals surface area contributed by atoms with Crippen LogP contribution in [0.3, 0.4) is 0 Å². The van der Waals surface area contributed by atoms with E-state index in [-0.39, 0.29) is 11.8 Å². The lowest BCUT2D eigenvalue weighted by Gasteiger charge is -2.29. The van der Waals surface area contributed by atoms with E-state index in [1.807, 2.05) is 24.3 Å². The summed E-state index contributed by atoms with van der Waals surface area (Å²) in [5.41, 5.74) is 1.09. The number of halogens is 1. The number of hydrogen-bond donors (Lipinski definition) is 1. The predicted octanol–water partition coefficient (Wildman–Crippen LogP) is 4.49.